The number of nitrogens with zero attached hydrogens (tertiary/aromatic N) is 3. The Kier molecular flexibility index (Phi) is 3.74. The first-order chi connectivity index (χ1) is 10.1. The van der Waals surface area contributed by atoms with Gasteiger partial charge in [-0.05, 0) is 49.7 Å². The summed E-state index contributed by atoms with van der Waals surface area (Å²) in [5, 5.41) is 12.3. The van der Waals surface area contributed by atoms with Crippen molar-refractivity contribution < 1.29 is 5.21 Å². The highest BCUT2D eigenvalue weighted by Crippen LogP contribution is 2.35. The van der Waals surface area contributed by atoms with E-state index < -0.39 is 0 Å². The summed E-state index contributed by atoms with van der Waals surface area (Å²) >= 11 is 0. The molecule has 0 bridgehead atoms. The van der Waals surface area contributed by atoms with Crippen molar-refractivity contribution in [2.24, 2.45) is 16.8 Å². The van der Waals surface area contributed by atoms with E-state index in [1.807, 2.05) is 0 Å². The molecule has 1 heterocycles. The van der Waals surface area contributed by atoms with Crippen LogP contribution in [0.2, 0.25) is 0 Å². The topological polar surface area (TPSA) is 74.7 Å². The second-order valence-electron chi connectivity index (χ2n) is 6.58. The molecule has 3 N–H and O–H groups in total. The second-order valence-corrected chi connectivity index (χ2v) is 6.58. The molecular formula is C16H24N4O. The van der Waals surface area contributed by atoms with E-state index in [2.05, 4.69) is 30.0 Å². The number of nitrogens with two attached hydrogens (primary N) is 1. The van der Waals surface area contributed by atoms with Gasteiger partial charge in [-0.25, -0.2) is 4.98 Å². The van der Waals surface area contributed by atoms with Crippen LogP contribution in [0.15, 0.2) is 11.2 Å². The lowest BCUT2D eigenvalue weighted by Crippen LogP contribution is -2.33. The molecule has 2 aliphatic rings. The van der Waals surface area contributed by atoms with Gasteiger partial charge >= 0.3 is 0 Å². The maximum atomic E-state index is 9.10. The molecule has 0 saturated heterocycles. The third-order valence-electron chi connectivity index (χ3n) is 4.24. The molecule has 1 fully saturated rings. The van der Waals surface area contributed by atoms with Gasteiger partial charge in [-0.1, -0.05) is 19.0 Å². The van der Waals surface area contributed by atoms with Crippen LogP contribution in [-0.4, -0.2) is 28.6 Å². The van der Waals surface area contributed by atoms with Crippen LogP contribution in [0.1, 0.15) is 49.9 Å². The van der Waals surface area contributed by atoms with Crippen LogP contribution < -0.4 is 10.6 Å². The summed E-state index contributed by atoms with van der Waals surface area (Å²) in [5.41, 5.74) is 9.13. The van der Waals surface area contributed by atoms with Crippen molar-refractivity contribution in [3.63, 3.8) is 0 Å². The highest BCUT2D eigenvalue weighted by molar-refractivity contribution is 6.01. The zero-order valence-electron chi connectivity index (χ0n) is 12.8. The predicted octanol–water partition coefficient (Wildman–Crippen LogP) is 2.29. The van der Waals surface area contributed by atoms with Gasteiger partial charge in [-0.15, -0.1) is 0 Å². The minimum atomic E-state index is 0.168. The Morgan fingerprint density at radius 3 is 2.86 bits per heavy atom. The van der Waals surface area contributed by atoms with Gasteiger partial charge in [0.25, 0.3) is 0 Å². The van der Waals surface area contributed by atoms with Crippen LogP contribution in [0.3, 0.4) is 0 Å². The van der Waals surface area contributed by atoms with Crippen molar-refractivity contribution in [3.05, 3.63) is 22.9 Å². The molecule has 1 saturated carbocycles. The summed E-state index contributed by atoms with van der Waals surface area (Å²) in [5.74, 6) is 1.63. The lowest BCUT2D eigenvalue weighted by molar-refractivity contribution is 0.318. The van der Waals surface area contributed by atoms with Crippen LogP contribution in [0.4, 0.5) is 5.82 Å². The molecule has 0 amide bonds. The first kappa shape index (κ1) is 14.2. The fourth-order valence-corrected chi connectivity index (χ4v) is 3.11. The van der Waals surface area contributed by atoms with Crippen LogP contribution in [0.5, 0.6) is 0 Å². The average Bonchev–Trinajstić information content (AvgIpc) is 3.20. The molecule has 1 aromatic rings. The van der Waals surface area contributed by atoms with E-state index in [9.17, 15) is 0 Å². The molecule has 0 aliphatic heterocycles. The number of aryl methyl sites for hydroxylation is 2. The van der Waals surface area contributed by atoms with Crippen molar-refractivity contribution in [3.8, 4) is 0 Å². The molecule has 0 radical (unpaired) electrons. The van der Waals surface area contributed by atoms with Crippen molar-refractivity contribution in [1.82, 2.24) is 4.98 Å². The number of amidine groups is 1. The molecule has 5 nitrogen and oxygen atoms in total. The van der Waals surface area contributed by atoms with Gasteiger partial charge in [0.1, 0.15) is 5.82 Å². The van der Waals surface area contributed by atoms with E-state index in [-0.39, 0.29) is 5.84 Å². The molecule has 21 heavy (non-hydrogen) atoms. The molecule has 2 aliphatic carbocycles. The zero-order chi connectivity index (χ0) is 15.0. The summed E-state index contributed by atoms with van der Waals surface area (Å²) in [6.07, 6.45) is 5.65. The van der Waals surface area contributed by atoms with Crippen molar-refractivity contribution in [2.45, 2.75) is 52.0 Å². The quantitative estimate of drug-likeness (QED) is 0.377. The Morgan fingerprint density at radius 2 is 2.24 bits per heavy atom. The summed E-state index contributed by atoms with van der Waals surface area (Å²) < 4.78 is 0. The lowest BCUT2D eigenvalue weighted by Gasteiger charge is -2.28. The van der Waals surface area contributed by atoms with Gasteiger partial charge in [0.05, 0.1) is 5.56 Å². The molecule has 1 aromatic heterocycles. The molecule has 0 unspecified atom stereocenters. The van der Waals surface area contributed by atoms with E-state index in [1.54, 1.807) is 0 Å². The van der Waals surface area contributed by atoms with Crippen molar-refractivity contribution in [1.29, 1.82) is 0 Å². The molecule has 3 rings (SSSR count). The van der Waals surface area contributed by atoms with Crippen molar-refractivity contribution in [2.75, 3.05) is 11.4 Å². The minimum Gasteiger partial charge on any atom is -0.409 e. The minimum absolute atomic E-state index is 0.168. The maximum Gasteiger partial charge on any atom is 0.173 e. The first-order valence-electron chi connectivity index (χ1n) is 7.87. The Hall–Kier alpha value is -1.78. The molecular weight excluding hydrogens is 264 g/mol. The maximum absolute atomic E-state index is 9.10. The van der Waals surface area contributed by atoms with Crippen LogP contribution >= 0.6 is 0 Å². The number of aromatic nitrogens is 1. The second kappa shape index (κ2) is 5.54. The molecule has 0 aromatic carbocycles. The molecule has 114 valence electrons. The summed E-state index contributed by atoms with van der Waals surface area (Å²) in [4.78, 5) is 7.25. The lowest BCUT2D eigenvalue weighted by atomic mass is 10.1. The number of rotatable bonds is 5. The number of anilines is 1. The smallest absolute Gasteiger partial charge is 0.173 e. The van der Waals surface area contributed by atoms with Crippen molar-refractivity contribution >= 4 is 11.7 Å². The first-order valence-corrected chi connectivity index (χ1v) is 7.87. The summed E-state index contributed by atoms with van der Waals surface area (Å²) in [6.45, 7) is 5.39. The van der Waals surface area contributed by atoms with Gasteiger partial charge in [0.2, 0.25) is 0 Å². The number of hydrogen-bond acceptors (Lipinski definition) is 4. The van der Waals surface area contributed by atoms with Gasteiger partial charge in [-0.2, -0.15) is 0 Å². The third-order valence-corrected chi connectivity index (χ3v) is 4.24. The summed E-state index contributed by atoms with van der Waals surface area (Å²) in [7, 11) is 0. The molecule has 0 spiro atoms. The van der Waals surface area contributed by atoms with Crippen LogP contribution in [0, 0.1) is 5.92 Å². The van der Waals surface area contributed by atoms with Gasteiger partial charge in [0.15, 0.2) is 5.84 Å². The van der Waals surface area contributed by atoms with E-state index in [4.69, 9.17) is 15.9 Å². The van der Waals surface area contributed by atoms with Crippen LogP contribution in [0.25, 0.3) is 0 Å². The van der Waals surface area contributed by atoms with Gasteiger partial charge in [0, 0.05) is 18.3 Å². The Balaban J connectivity index is 2.05. The normalized spacial score (nSPS) is 18.1. The van der Waals surface area contributed by atoms with E-state index in [0.717, 1.165) is 37.2 Å². The third kappa shape index (κ3) is 2.82. The Bertz CT molecular complexity index is 564. The van der Waals surface area contributed by atoms with Gasteiger partial charge < -0.3 is 15.8 Å². The number of hydrogen-bond donors (Lipinski definition) is 2. The van der Waals surface area contributed by atoms with E-state index >= 15 is 0 Å². The number of oxime groups is 1. The van der Waals surface area contributed by atoms with E-state index in [0.29, 0.717) is 12.0 Å². The fraction of sp³-hybridized carbons (Fsp3) is 0.625. The molecule has 5 heteroatoms. The number of fused-ring (bicyclic) bond motifs is 1. The monoisotopic (exact) mass is 288 g/mol. The largest absolute Gasteiger partial charge is 0.409 e. The predicted molar refractivity (Wildman–Crippen MR) is 84.0 cm³/mol. The van der Waals surface area contributed by atoms with E-state index in [1.165, 1.54) is 24.1 Å². The standard InChI is InChI=1S/C16H24N4O/c1-10(2)9-20(12-6-7-12)16-13(15(17)19-21)8-11-4-3-5-14(11)18-16/h8,10,12,21H,3-7,9H2,1-2H3,(H2,17,19). The highest BCUT2D eigenvalue weighted by Gasteiger charge is 2.33. The Morgan fingerprint density at radius 1 is 1.48 bits per heavy atom. The molecule has 0 atom stereocenters. The van der Waals surface area contributed by atoms with Gasteiger partial charge in [-0.3, -0.25) is 0 Å². The number of pyridine rings is 1. The Labute approximate surface area is 125 Å². The highest BCUT2D eigenvalue weighted by atomic mass is 16.4. The SMILES string of the molecule is CC(C)CN(c1nc2c(cc1C(N)=NO)CCC2)C1CC1. The fourth-order valence-electron chi connectivity index (χ4n) is 3.11. The average molecular weight is 288 g/mol. The zero-order valence-corrected chi connectivity index (χ0v) is 12.8. The van der Waals surface area contributed by atoms with Crippen LogP contribution in [-0.2, 0) is 12.8 Å². The summed E-state index contributed by atoms with van der Waals surface area (Å²) in [6, 6.07) is 2.64.